The first-order valence-corrected chi connectivity index (χ1v) is 7.67. The largest absolute Gasteiger partial charge is 0.368 e. The van der Waals surface area contributed by atoms with Crippen LogP contribution in [-0.4, -0.2) is 23.8 Å². The lowest BCUT2D eigenvalue weighted by Crippen LogP contribution is -2.52. The molecule has 1 heterocycles. The average molecular weight is 344 g/mol. The van der Waals surface area contributed by atoms with Crippen molar-refractivity contribution in [1.82, 2.24) is 0 Å². The lowest BCUT2D eigenvalue weighted by atomic mass is 9.69. The minimum absolute atomic E-state index is 0.0864. The molecule has 24 heavy (non-hydrogen) atoms. The molecule has 8 heteroatoms. The molecule has 130 valence electrons. The number of carbonyl (C=O) groups excluding carboxylic acids is 2. The monoisotopic (exact) mass is 344 g/mol. The van der Waals surface area contributed by atoms with Crippen LogP contribution in [0.5, 0.6) is 0 Å². The van der Waals surface area contributed by atoms with Crippen LogP contribution in [0.25, 0.3) is 0 Å². The van der Waals surface area contributed by atoms with E-state index in [2.05, 4.69) is 0 Å². The third-order valence-corrected chi connectivity index (χ3v) is 4.97. The summed E-state index contributed by atoms with van der Waals surface area (Å²) in [5, 5.41) is 0. The van der Waals surface area contributed by atoms with Gasteiger partial charge in [0.25, 0.3) is 5.92 Å². The van der Waals surface area contributed by atoms with Crippen molar-refractivity contribution in [2.45, 2.75) is 44.1 Å². The van der Waals surface area contributed by atoms with E-state index in [-0.39, 0.29) is 12.8 Å². The van der Waals surface area contributed by atoms with E-state index in [0.29, 0.717) is 30.2 Å². The van der Waals surface area contributed by atoms with Crippen molar-refractivity contribution in [3.05, 3.63) is 29.8 Å². The molecule has 1 atom stereocenters. The lowest BCUT2D eigenvalue weighted by molar-refractivity contribution is -0.156. The molecular formula is C16H16F4N2O2. The second kappa shape index (κ2) is 5.46. The van der Waals surface area contributed by atoms with E-state index in [0.717, 1.165) is 12.1 Å². The van der Waals surface area contributed by atoms with Crippen LogP contribution < -0.4 is 10.6 Å². The number of hydrogen-bond donors (Lipinski definition) is 1. The minimum Gasteiger partial charge on any atom is -0.368 e. The SMILES string of the molecule is NC(=O)C1N(c2cc(F)cc(F)c2)C(=O)C2(CCCCC2)C1(F)F. The van der Waals surface area contributed by atoms with Crippen LogP contribution in [0.3, 0.4) is 0 Å². The predicted octanol–water partition coefficient (Wildman–Crippen LogP) is 2.75. The first-order chi connectivity index (χ1) is 11.2. The van der Waals surface area contributed by atoms with Crippen LogP contribution in [0.15, 0.2) is 18.2 Å². The topological polar surface area (TPSA) is 63.4 Å². The van der Waals surface area contributed by atoms with E-state index in [1.54, 1.807) is 0 Å². The summed E-state index contributed by atoms with van der Waals surface area (Å²) in [4.78, 5) is 25.0. The Morgan fingerprint density at radius 1 is 1.08 bits per heavy atom. The van der Waals surface area contributed by atoms with E-state index in [9.17, 15) is 18.4 Å². The van der Waals surface area contributed by atoms with Crippen molar-refractivity contribution < 1.29 is 27.2 Å². The number of nitrogens with zero attached hydrogens (tertiary/aromatic N) is 1. The minimum atomic E-state index is -3.71. The first-order valence-electron chi connectivity index (χ1n) is 7.67. The van der Waals surface area contributed by atoms with Gasteiger partial charge in [-0.1, -0.05) is 19.3 Å². The van der Waals surface area contributed by atoms with Gasteiger partial charge in [0, 0.05) is 6.07 Å². The normalized spacial score (nSPS) is 25.2. The highest BCUT2D eigenvalue weighted by molar-refractivity contribution is 6.08. The Bertz CT molecular complexity index is 681. The van der Waals surface area contributed by atoms with Gasteiger partial charge in [0.05, 0.1) is 5.69 Å². The van der Waals surface area contributed by atoms with Crippen molar-refractivity contribution in [2.24, 2.45) is 11.1 Å². The van der Waals surface area contributed by atoms with Gasteiger partial charge in [-0.25, -0.2) is 17.6 Å². The van der Waals surface area contributed by atoms with Crippen molar-refractivity contribution in [2.75, 3.05) is 4.90 Å². The molecule has 3 rings (SSSR count). The van der Waals surface area contributed by atoms with Gasteiger partial charge in [-0.05, 0) is 25.0 Å². The predicted molar refractivity (Wildman–Crippen MR) is 77.3 cm³/mol. The van der Waals surface area contributed by atoms with Crippen molar-refractivity contribution >= 4 is 17.5 Å². The molecule has 1 saturated carbocycles. The van der Waals surface area contributed by atoms with Gasteiger partial charge in [0.1, 0.15) is 17.0 Å². The fourth-order valence-corrected chi connectivity index (χ4v) is 3.87. The lowest BCUT2D eigenvalue weighted by Gasteiger charge is -2.36. The Morgan fingerprint density at radius 2 is 1.62 bits per heavy atom. The smallest absolute Gasteiger partial charge is 0.291 e. The summed E-state index contributed by atoms with van der Waals surface area (Å²) in [7, 11) is 0. The van der Waals surface area contributed by atoms with Crippen LogP contribution >= 0.6 is 0 Å². The Morgan fingerprint density at radius 3 is 2.12 bits per heavy atom. The average Bonchev–Trinajstić information content (AvgIpc) is 2.65. The van der Waals surface area contributed by atoms with Gasteiger partial charge in [-0.3, -0.25) is 14.5 Å². The zero-order valence-electron chi connectivity index (χ0n) is 12.7. The molecule has 0 bridgehead atoms. The molecule has 4 nitrogen and oxygen atoms in total. The van der Waals surface area contributed by atoms with E-state index in [4.69, 9.17) is 5.73 Å². The molecule has 1 unspecified atom stereocenters. The third kappa shape index (κ3) is 2.19. The molecule has 1 aromatic carbocycles. The zero-order valence-corrected chi connectivity index (χ0v) is 12.7. The number of nitrogens with two attached hydrogens (primary N) is 1. The fraction of sp³-hybridized carbons (Fsp3) is 0.500. The Balaban J connectivity index is 2.17. The molecule has 2 N–H and O–H groups in total. The second-order valence-electron chi connectivity index (χ2n) is 6.37. The molecule has 2 amide bonds. The van der Waals surface area contributed by atoms with Crippen LogP contribution in [-0.2, 0) is 9.59 Å². The van der Waals surface area contributed by atoms with Crippen molar-refractivity contribution in [3.63, 3.8) is 0 Å². The molecular weight excluding hydrogens is 328 g/mol. The highest BCUT2D eigenvalue weighted by Crippen LogP contribution is 2.57. The molecule has 1 spiro atoms. The van der Waals surface area contributed by atoms with Crippen LogP contribution in [0.2, 0.25) is 0 Å². The number of anilines is 1. The van der Waals surface area contributed by atoms with Crippen LogP contribution in [0, 0.1) is 17.0 Å². The summed E-state index contributed by atoms with van der Waals surface area (Å²) in [5.41, 5.74) is 2.65. The summed E-state index contributed by atoms with van der Waals surface area (Å²) in [5.74, 6) is -8.18. The molecule has 1 aliphatic heterocycles. The molecule has 0 radical (unpaired) electrons. The highest BCUT2D eigenvalue weighted by Gasteiger charge is 2.73. The zero-order chi connectivity index (χ0) is 17.7. The van der Waals surface area contributed by atoms with Crippen molar-refractivity contribution in [3.8, 4) is 0 Å². The second-order valence-corrected chi connectivity index (χ2v) is 6.37. The van der Waals surface area contributed by atoms with E-state index in [1.165, 1.54) is 0 Å². The summed E-state index contributed by atoms with van der Waals surface area (Å²) < 4.78 is 57.0. The highest BCUT2D eigenvalue weighted by atomic mass is 19.3. The molecule has 2 aliphatic rings. The van der Waals surface area contributed by atoms with Gasteiger partial charge < -0.3 is 5.73 Å². The summed E-state index contributed by atoms with van der Waals surface area (Å²) in [6, 6.07) is -0.217. The van der Waals surface area contributed by atoms with E-state index >= 15 is 8.78 Å². The summed E-state index contributed by atoms with van der Waals surface area (Å²) in [6.45, 7) is 0. The van der Waals surface area contributed by atoms with Gasteiger partial charge in [0.15, 0.2) is 6.04 Å². The van der Waals surface area contributed by atoms with Crippen molar-refractivity contribution in [1.29, 1.82) is 0 Å². The Hall–Kier alpha value is -2.12. The molecule has 2 fully saturated rings. The van der Waals surface area contributed by atoms with Gasteiger partial charge in [-0.2, -0.15) is 0 Å². The van der Waals surface area contributed by atoms with E-state index < -0.39 is 46.5 Å². The molecule has 1 aliphatic carbocycles. The van der Waals surface area contributed by atoms with Crippen LogP contribution in [0.4, 0.5) is 23.2 Å². The number of halogens is 4. The number of primary amides is 1. The maximum atomic E-state index is 15.0. The van der Waals surface area contributed by atoms with Crippen LogP contribution in [0.1, 0.15) is 32.1 Å². The number of alkyl halides is 2. The molecule has 0 aromatic heterocycles. The van der Waals surface area contributed by atoms with E-state index in [1.807, 2.05) is 0 Å². The summed E-state index contributed by atoms with van der Waals surface area (Å²) in [6.07, 6.45) is 1.37. The quantitative estimate of drug-likeness (QED) is 0.839. The first kappa shape index (κ1) is 16.7. The summed E-state index contributed by atoms with van der Waals surface area (Å²) >= 11 is 0. The fourth-order valence-electron chi connectivity index (χ4n) is 3.87. The Kier molecular flexibility index (Phi) is 3.80. The maximum Gasteiger partial charge on any atom is 0.291 e. The molecule has 1 saturated heterocycles. The third-order valence-electron chi connectivity index (χ3n) is 4.97. The Labute approximate surface area is 135 Å². The number of hydrogen-bond acceptors (Lipinski definition) is 2. The number of benzene rings is 1. The van der Waals surface area contributed by atoms with Gasteiger partial charge in [-0.15, -0.1) is 0 Å². The van der Waals surface area contributed by atoms with Gasteiger partial charge in [0.2, 0.25) is 11.8 Å². The molecule has 1 aromatic rings. The maximum absolute atomic E-state index is 15.0. The van der Waals surface area contributed by atoms with Gasteiger partial charge >= 0.3 is 0 Å². The number of carbonyl (C=O) groups is 2. The number of rotatable bonds is 2. The standard InChI is InChI=1S/C16H16F4N2O2/c17-9-6-10(18)8-11(7-9)22-12(13(21)23)16(19,20)15(14(22)24)4-2-1-3-5-15/h6-8,12H,1-5H2,(H2,21,23). The number of amides is 2.